The fraction of sp³-hybridized carbons (Fsp3) is 0.846. The highest BCUT2D eigenvalue weighted by Crippen LogP contribution is 2.24. The molecule has 2 atom stereocenters. The topological polar surface area (TPSA) is 89.9 Å². The van der Waals surface area contributed by atoms with Gasteiger partial charge in [0.2, 0.25) is 0 Å². The van der Waals surface area contributed by atoms with Gasteiger partial charge < -0.3 is 20.4 Å². The molecule has 2 amide bonds. The normalized spacial score (nSPS) is 29.0. The number of piperidine rings is 1. The first kappa shape index (κ1) is 14.1. The molecular weight excluding hydrogens is 248 g/mol. The highest BCUT2D eigenvalue weighted by molar-refractivity contribution is 5.75. The van der Waals surface area contributed by atoms with Crippen LogP contribution in [0.4, 0.5) is 4.79 Å². The van der Waals surface area contributed by atoms with Gasteiger partial charge in [-0.25, -0.2) is 4.79 Å². The Balaban J connectivity index is 1.80. The summed E-state index contributed by atoms with van der Waals surface area (Å²) in [6, 6.07) is -0.155. The fourth-order valence-electron chi connectivity index (χ4n) is 2.88. The number of urea groups is 1. The predicted molar refractivity (Wildman–Crippen MR) is 68.7 cm³/mol. The minimum atomic E-state index is -0.764. The van der Waals surface area contributed by atoms with Gasteiger partial charge in [0.05, 0.1) is 12.0 Å². The summed E-state index contributed by atoms with van der Waals surface area (Å²) in [6.45, 7) is 1.14. The van der Waals surface area contributed by atoms with Gasteiger partial charge in [0.1, 0.15) is 0 Å². The number of aliphatic hydroxyl groups excluding tert-OH is 1. The number of carbonyl (C=O) groups excluding carboxylic acids is 1. The minimum absolute atomic E-state index is 0.0331. The summed E-state index contributed by atoms with van der Waals surface area (Å²) in [6.07, 6.45) is 3.88. The number of aliphatic carboxylic acids is 1. The van der Waals surface area contributed by atoms with Gasteiger partial charge in [0.15, 0.2) is 0 Å². The maximum Gasteiger partial charge on any atom is 0.317 e. The van der Waals surface area contributed by atoms with Crippen LogP contribution in [0.1, 0.15) is 38.5 Å². The van der Waals surface area contributed by atoms with Crippen molar-refractivity contribution in [1.82, 2.24) is 10.2 Å². The van der Waals surface area contributed by atoms with E-state index in [1.165, 1.54) is 0 Å². The molecule has 1 aliphatic heterocycles. The van der Waals surface area contributed by atoms with Crippen molar-refractivity contribution in [1.29, 1.82) is 0 Å². The number of nitrogens with one attached hydrogen (secondary N) is 1. The number of carbonyl (C=O) groups is 2. The van der Waals surface area contributed by atoms with Crippen molar-refractivity contribution in [2.75, 3.05) is 13.1 Å². The molecule has 19 heavy (non-hydrogen) atoms. The first-order chi connectivity index (χ1) is 9.06. The van der Waals surface area contributed by atoms with E-state index in [0.29, 0.717) is 38.8 Å². The molecule has 1 saturated heterocycles. The van der Waals surface area contributed by atoms with Gasteiger partial charge in [-0.05, 0) is 32.1 Å². The van der Waals surface area contributed by atoms with Crippen LogP contribution in [0.25, 0.3) is 0 Å². The van der Waals surface area contributed by atoms with Crippen molar-refractivity contribution in [2.45, 2.75) is 50.7 Å². The molecule has 3 N–H and O–H groups in total. The highest BCUT2D eigenvalue weighted by Gasteiger charge is 2.29. The molecule has 6 nitrogen and oxygen atoms in total. The lowest BCUT2D eigenvalue weighted by atomic mass is 9.86. The third-order valence-corrected chi connectivity index (χ3v) is 4.10. The monoisotopic (exact) mass is 270 g/mol. The average molecular weight is 270 g/mol. The second-order valence-corrected chi connectivity index (χ2v) is 5.57. The predicted octanol–water partition coefficient (Wildman–Crippen LogP) is 0.796. The third-order valence-electron chi connectivity index (χ3n) is 4.10. The fourth-order valence-corrected chi connectivity index (χ4v) is 2.88. The van der Waals surface area contributed by atoms with Crippen LogP contribution in [0, 0.1) is 5.92 Å². The number of amides is 2. The molecule has 0 aromatic heterocycles. The molecule has 2 rings (SSSR count). The zero-order valence-corrected chi connectivity index (χ0v) is 11.0. The molecule has 1 heterocycles. The number of rotatable bonds is 2. The Morgan fingerprint density at radius 3 is 2.42 bits per heavy atom. The van der Waals surface area contributed by atoms with Crippen molar-refractivity contribution in [3.63, 3.8) is 0 Å². The zero-order chi connectivity index (χ0) is 13.8. The van der Waals surface area contributed by atoms with E-state index in [1.54, 1.807) is 4.90 Å². The number of carboxylic acid groups (broad SMARTS) is 1. The summed E-state index contributed by atoms with van der Waals surface area (Å²) >= 11 is 0. The molecule has 6 heteroatoms. The van der Waals surface area contributed by atoms with Crippen LogP contribution in [0.15, 0.2) is 0 Å². The summed E-state index contributed by atoms with van der Waals surface area (Å²) in [7, 11) is 0. The van der Waals surface area contributed by atoms with Gasteiger partial charge in [-0.2, -0.15) is 0 Å². The minimum Gasteiger partial charge on any atom is -0.481 e. The smallest absolute Gasteiger partial charge is 0.317 e. The van der Waals surface area contributed by atoms with E-state index in [1.807, 2.05) is 0 Å². The molecular formula is C13H22N2O4. The standard InChI is InChI=1S/C13H22N2O4/c16-11-4-6-15(7-5-11)13(19)14-10-3-1-2-9(8-10)12(17)18/h9-11,16H,1-8H2,(H,14,19)(H,17,18). The van der Waals surface area contributed by atoms with E-state index in [9.17, 15) is 14.7 Å². The van der Waals surface area contributed by atoms with Crippen molar-refractivity contribution in [2.24, 2.45) is 5.92 Å². The Bertz CT molecular complexity index is 340. The molecule has 2 fully saturated rings. The molecule has 2 unspecified atom stereocenters. The number of carboxylic acids is 1. The van der Waals surface area contributed by atoms with Crippen LogP contribution in [-0.4, -0.2) is 52.3 Å². The van der Waals surface area contributed by atoms with Gasteiger partial charge in [0.25, 0.3) is 0 Å². The first-order valence-corrected chi connectivity index (χ1v) is 7.02. The Morgan fingerprint density at radius 2 is 1.79 bits per heavy atom. The number of aliphatic hydroxyl groups is 1. The number of likely N-dealkylation sites (tertiary alicyclic amines) is 1. The van der Waals surface area contributed by atoms with Crippen LogP contribution in [0.5, 0.6) is 0 Å². The van der Waals surface area contributed by atoms with E-state index in [4.69, 9.17) is 5.11 Å². The summed E-state index contributed by atoms with van der Waals surface area (Å²) in [5, 5.41) is 21.3. The van der Waals surface area contributed by atoms with Crippen LogP contribution in [-0.2, 0) is 4.79 Å². The summed E-state index contributed by atoms with van der Waals surface area (Å²) < 4.78 is 0. The average Bonchev–Trinajstić information content (AvgIpc) is 2.39. The van der Waals surface area contributed by atoms with Gasteiger partial charge in [-0.1, -0.05) is 6.42 Å². The molecule has 0 aromatic carbocycles. The lowest BCUT2D eigenvalue weighted by Crippen LogP contribution is -2.49. The zero-order valence-electron chi connectivity index (χ0n) is 11.0. The maximum atomic E-state index is 12.0. The van der Waals surface area contributed by atoms with Gasteiger partial charge in [-0.15, -0.1) is 0 Å². The molecule has 0 bridgehead atoms. The Hall–Kier alpha value is -1.30. The van der Waals surface area contributed by atoms with E-state index < -0.39 is 5.97 Å². The Labute approximate surface area is 112 Å². The van der Waals surface area contributed by atoms with Crippen LogP contribution >= 0.6 is 0 Å². The lowest BCUT2D eigenvalue weighted by Gasteiger charge is -2.33. The van der Waals surface area contributed by atoms with Crippen molar-refractivity contribution in [3.8, 4) is 0 Å². The van der Waals surface area contributed by atoms with Gasteiger partial charge in [0, 0.05) is 19.1 Å². The van der Waals surface area contributed by atoms with Crippen LogP contribution < -0.4 is 5.32 Å². The maximum absolute atomic E-state index is 12.0. The summed E-state index contributed by atoms with van der Waals surface area (Å²) in [4.78, 5) is 24.7. The molecule has 2 aliphatic rings. The molecule has 0 spiro atoms. The molecule has 0 radical (unpaired) electrons. The molecule has 1 aliphatic carbocycles. The summed E-state index contributed by atoms with van der Waals surface area (Å²) in [5.41, 5.74) is 0. The Morgan fingerprint density at radius 1 is 1.11 bits per heavy atom. The second kappa shape index (κ2) is 6.23. The van der Waals surface area contributed by atoms with Gasteiger partial charge in [-0.3, -0.25) is 4.79 Å². The van der Waals surface area contributed by atoms with E-state index in [-0.39, 0.29) is 24.1 Å². The molecule has 108 valence electrons. The third kappa shape index (κ3) is 3.83. The number of hydrogen-bond donors (Lipinski definition) is 3. The van der Waals surface area contributed by atoms with Crippen LogP contribution in [0.3, 0.4) is 0 Å². The lowest BCUT2D eigenvalue weighted by molar-refractivity contribution is -0.143. The molecule has 1 saturated carbocycles. The number of hydrogen-bond acceptors (Lipinski definition) is 3. The quantitative estimate of drug-likeness (QED) is 0.692. The first-order valence-electron chi connectivity index (χ1n) is 7.02. The summed E-state index contributed by atoms with van der Waals surface area (Å²) in [5.74, 6) is -1.10. The molecule has 0 aromatic rings. The van der Waals surface area contributed by atoms with Crippen LogP contribution in [0.2, 0.25) is 0 Å². The Kier molecular flexibility index (Phi) is 4.63. The van der Waals surface area contributed by atoms with E-state index in [0.717, 1.165) is 12.8 Å². The van der Waals surface area contributed by atoms with E-state index >= 15 is 0 Å². The highest BCUT2D eigenvalue weighted by atomic mass is 16.4. The SMILES string of the molecule is O=C(O)C1CCCC(NC(=O)N2CCC(O)CC2)C1. The van der Waals surface area contributed by atoms with Crippen molar-refractivity contribution < 1.29 is 19.8 Å². The largest absolute Gasteiger partial charge is 0.481 e. The van der Waals surface area contributed by atoms with E-state index in [2.05, 4.69) is 5.32 Å². The van der Waals surface area contributed by atoms with Crippen molar-refractivity contribution >= 4 is 12.0 Å². The second-order valence-electron chi connectivity index (χ2n) is 5.57. The number of nitrogens with zero attached hydrogens (tertiary/aromatic N) is 1. The van der Waals surface area contributed by atoms with Crippen molar-refractivity contribution in [3.05, 3.63) is 0 Å². The van der Waals surface area contributed by atoms with Gasteiger partial charge >= 0.3 is 12.0 Å².